The molecule has 4 rings (SSSR count). The summed E-state index contributed by atoms with van der Waals surface area (Å²) in [4.78, 5) is 29.7. The Balaban J connectivity index is 1.49. The molecule has 0 aromatic heterocycles. The monoisotopic (exact) mass is 488 g/mol. The van der Waals surface area contributed by atoms with Gasteiger partial charge in [0.05, 0.1) is 25.6 Å². The van der Waals surface area contributed by atoms with Gasteiger partial charge in [-0.2, -0.15) is 0 Å². The van der Waals surface area contributed by atoms with Gasteiger partial charge in [0.2, 0.25) is 0 Å². The third-order valence-electron chi connectivity index (χ3n) is 6.08. The lowest BCUT2D eigenvalue weighted by atomic mass is 10.1. The first-order chi connectivity index (χ1) is 17.5. The summed E-state index contributed by atoms with van der Waals surface area (Å²) in [6, 6.07) is 20.6. The Hall–Kier alpha value is -4.20. The number of methoxy groups -OCH3 is 2. The second kappa shape index (κ2) is 11.5. The van der Waals surface area contributed by atoms with Crippen molar-refractivity contribution in [1.29, 1.82) is 0 Å². The number of carbonyl (C=O) groups excluding carboxylic acids is 2. The van der Waals surface area contributed by atoms with Crippen molar-refractivity contribution >= 4 is 23.4 Å². The van der Waals surface area contributed by atoms with Crippen molar-refractivity contribution in [1.82, 2.24) is 10.2 Å². The van der Waals surface area contributed by atoms with E-state index in [9.17, 15) is 9.59 Å². The highest BCUT2D eigenvalue weighted by atomic mass is 16.5. The summed E-state index contributed by atoms with van der Waals surface area (Å²) in [5.74, 6) is 1.36. The molecule has 36 heavy (non-hydrogen) atoms. The smallest absolute Gasteiger partial charge is 0.324 e. The van der Waals surface area contributed by atoms with E-state index in [1.54, 1.807) is 30.1 Å². The SMILES string of the molecule is COc1cc(CN2CCCN(c3ccc(C)cc3NC(=O)NCc3ccccc3)C2=O)cc(OC)c1. The van der Waals surface area contributed by atoms with Crippen LogP contribution < -0.4 is 25.0 Å². The van der Waals surface area contributed by atoms with E-state index in [2.05, 4.69) is 10.6 Å². The molecule has 188 valence electrons. The molecule has 1 aliphatic rings. The standard InChI is InChI=1S/C28H32N4O4/c1-20-10-11-26(25(14-20)30-27(33)29-18-21-8-5-4-6-9-21)32-13-7-12-31(28(32)34)19-22-15-23(35-2)17-24(16-22)36-3/h4-6,8-11,14-17H,7,12-13,18-19H2,1-3H3,(H2,29,30,33). The Morgan fingerprint density at radius 2 is 1.64 bits per heavy atom. The van der Waals surface area contributed by atoms with Crippen molar-refractivity contribution in [3.05, 3.63) is 83.4 Å². The van der Waals surface area contributed by atoms with Crippen LogP contribution >= 0.6 is 0 Å². The van der Waals surface area contributed by atoms with Crippen molar-refractivity contribution < 1.29 is 19.1 Å². The number of amides is 4. The molecule has 0 saturated carbocycles. The minimum atomic E-state index is -0.324. The molecule has 1 fully saturated rings. The topological polar surface area (TPSA) is 83.1 Å². The summed E-state index contributed by atoms with van der Waals surface area (Å²) in [6.45, 7) is 4.00. The van der Waals surface area contributed by atoms with Crippen LogP contribution in [-0.2, 0) is 13.1 Å². The number of anilines is 2. The van der Waals surface area contributed by atoms with Crippen molar-refractivity contribution in [3.63, 3.8) is 0 Å². The van der Waals surface area contributed by atoms with Gasteiger partial charge in [-0.25, -0.2) is 9.59 Å². The van der Waals surface area contributed by atoms with Crippen molar-refractivity contribution in [2.75, 3.05) is 37.5 Å². The van der Waals surface area contributed by atoms with Gasteiger partial charge in [0.25, 0.3) is 0 Å². The van der Waals surface area contributed by atoms with Crippen LogP contribution in [0.3, 0.4) is 0 Å². The summed E-state index contributed by atoms with van der Waals surface area (Å²) in [7, 11) is 3.21. The number of carbonyl (C=O) groups is 2. The number of nitrogens with zero attached hydrogens (tertiary/aromatic N) is 2. The van der Waals surface area contributed by atoms with E-state index in [0.717, 1.165) is 23.1 Å². The molecule has 0 radical (unpaired) electrons. The second-order valence-corrected chi connectivity index (χ2v) is 8.74. The van der Waals surface area contributed by atoms with Crippen LogP contribution in [0.4, 0.5) is 21.0 Å². The summed E-state index contributed by atoms with van der Waals surface area (Å²) in [5.41, 5.74) is 4.19. The molecule has 0 unspecified atom stereocenters. The Labute approximate surface area is 211 Å². The number of nitrogens with one attached hydrogen (secondary N) is 2. The van der Waals surface area contributed by atoms with E-state index < -0.39 is 0 Å². The normalized spacial score (nSPS) is 13.4. The van der Waals surface area contributed by atoms with Gasteiger partial charge in [0.1, 0.15) is 11.5 Å². The van der Waals surface area contributed by atoms with Gasteiger partial charge in [0, 0.05) is 32.2 Å². The molecular weight excluding hydrogens is 456 g/mol. The van der Waals surface area contributed by atoms with Gasteiger partial charge in [-0.05, 0) is 54.3 Å². The lowest BCUT2D eigenvalue weighted by Crippen LogP contribution is -2.49. The van der Waals surface area contributed by atoms with Gasteiger partial charge < -0.3 is 25.0 Å². The summed E-state index contributed by atoms with van der Waals surface area (Å²) in [6.07, 6.45) is 0.806. The molecule has 0 atom stereocenters. The molecule has 3 aromatic rings. The Kier molecular flexibility index (Phi) is 7.95. The number of aryl methyl sites for hydroxylation is 1. The van der Waals surface area contributed by atoms with Gasteiger partial charge in [0.15, 0.2) is 0 Å². The predicted molar refractivity (Wildman–Crippen MR) is 141 cm³/mol. The fourth-order valence-electron chi connectivity index (χ4n) is 4.26. The summed E-state index contributed by atoms with van der Waals surface area (Å²) < 4.78 is 10.8. The summed E-state index contributed by atoms with van der Waals surface area (Å²) >= 11 is 0. The van der Waals surface area contributed by atoms with Crippen LogP contribution in [0.1, 0.15) is 23.1 Å². The average Bonchev–Trinajstić information content (AvgIpc) is 2.89. The maximum Gasteiger partial charge on any atom is 0.324 e. The predicted octanol–water partition coefficient (Wildman–Crippen LogP) is 5.17. The second-order valence-electron chi connectivity index (χ2n) is 8.74. The highest BCUT2D eigenvalue weighted by molar-refractivity contribution is 6.00. The van der Waals surface area contributed by atoms with Crippen molar-refractivity contribution in [3.8, 4) is 11.5 Å². The van der Waals surface area contributed by atoms with E-state index in [4.69, 9.17) is 9.47 Å². The number of urea groups is 2. The lowest BCUT2D eigenvalue weighted by Gasteiger charge is -2.36. The molecule has 1 aliphatic heterocycles. The molecule has 1 heterocycles. The Morgan fingerprint density at radius 1 is 0.917 bits per heavy atom. The Bertz CT molecular complexity index is 1190. The molecule has 0 bridgehead atoms. The zero-order chi connectivity index (χ0) is 25.5. The number of rotatable bonds is 8. The molecule has 0 spiro atoms. The zero-order valence-corrected chi connectivity index (χ0v) is 20.9. The number of benzene rings is 3. The third kappa shape index (κ3) is 6.07. The molecule has 1 saturated heterocycles. The van der Waals surface area contributed by atoms with Crippen LogP contribution in [0.15, 0.2) is 66.7 Å². The largest absolute Gasteiger partial charge is 0.497 e. The number of hydrogen-bond acceptors (Lipinski definition) is 4. The average molecular weight is 489 g/mol. The molecule has 0 aliphatic carbocycles. The highest BCUT2D eigenvalue weighted by Gasteiger charge is 2.29. The molecule has 8 heteroatoms. The Morgan fingerprint density at radius 3 is 2.33 bits per heavy atom. The van der Waals surface area contributed by atoms with Gasteiger partial charge >= 0.3 is 12.1 Å². The highest BCUT2D eigenvalue weighted by Crippen LogP contribution is 2.31. The van der Waals surface area contributed by atoms with E-state index >= 15 is 0 Å². The van der Waals surface area contributed by atoms with Crippen molar-refractivity contribution in [2.24, 2.45) is 0 Å². The van der Waals surface area contributed by atoms with Crippen LogP contribution in [0.5, 0.6) is 11.5 Å². The van der Waals surface area contributed by atoms with Crippen LogP contribution in [0, 0.1) is 6.92 Å². The third-order valence-corrected chi connectivity index (χ3v) is 6.08. The zero-order valence-electron chi connectivity index (χ0n) is 20.9. The molecule has 2 N–H and O–H groups in total. The van der Waals surface area contributed by atoms with Crippen molar-refractivity contribution in [2.45, 2.75) is 26.4 Å². The molecular formula is C28H32N4O4. The maximum atomic E-state index is 13.5. The lowest BCUT2D eigenvalue weighted by molar-refractivity contribution is 0.192. The maximum absolute atomic E-state index is 13.5. The van der Waals surface area contributed by atoms with E-state index in [1.807, 2.05) is 67.6 Å². The molecule has 8 nitrogen and oxygen atoms in total. The van der Waals surface area contributed by atoms with Crippen LogP contribution in [0.2, 0.25) is 0 Å². The number of ether oxygens (including phenoxy) is 2. The first-order valence-corrected chi connectivity index (χ1v) is 11.9. The number of hydrogen-bond donors (Lipinski definition) is 2. The van der Waals surface area contributed by atoms with E-state index in [-0.39, 0.29) is 12.1 Å². The molecule has 3 aromatic carbocycles. The van der Waals surface area contributed by atoms with Gasteiger partial charge in [-0.1, -0.05) is 36.4 Å². The minimum absolute atomic E-state index is 0.111. The minimum Gasteiger partial charge on any atom is -0.497 e. The van der Waals surface area contributed by atoms with Gasteiger partial charge in [-0.15, -0.1) is 0 Å². The summed E-state index contributed by atoms with van der Waals surface area (Å²) in [5, 5.41) is 5.82. The van der Waals surface area contributed by atoms with Crippen LogP contribution in [0.25, 0.3) is 0 Å². The van der Waals surface area contributed by atoms with E-state index in [1.165, 1.54) is 0 Å². The van der Waals surface area contributed by atoms with E-state index in [0.29, 0.717) is 49.1 Å². The quantitative estimate of drug-likeness (QED) is 0.459. The fourth-order valence-corrected chi connectivity index (χ4v) is 4.26. The van der Waals surface area contributed by atoms with Crippen LogP contribution in [-0.4, -0.2) is 44.3 Å². The van der Waals surface area contributed by atoms with Gasteiger partial charge in [-0.3, -0.25) is 4.90 Å². The first kappa shape index (κ1) is 24.9. The fraction of sp³-hybridized carbons (Fsp3) is 0.286. The molecule has 4 amide bonds. The first-order valence-electron chi connectivity index (χ1n) is 11.9.